The molecule has 0 radical (unpaired) electrons. The van der Waals surface area contributed by atoms with Gasteiger partial charge in [-0.25, -0.2) is 0 Å². The Morgan fingerprint density at radius 1 is 0.708 bits per heavy atom. The molecule has 0 bridgehead atoms. The van der Waals surface area contributed by atoms with E-state index in [1.165, 1.54) is 89.9 Å². The number of rotatable bonds is 9. The topological polar surface area (TPSA) is 0 Å². The van der Waals surface area contributed by atoms with E-state index < -0.39 is 0 Å². The summed E-state index contributed by atoms with van der Waals surface area (Å²) < 4.78 is 0. The monoisotopic (exact) mass is 330 g/mol. The lowest BCUT2D eigenvalue weighted by atomic mass is 9.79. The van der Waals surface area contributed by atoms with E-state index in [1.54, 1.807) is 0 Å². The predicted octanol–water partition coefficient (Wildman–Crippen LogP) is 8.09. The van der Waals surface area contributed by atoms with E-state index in [1.807, 2.05) is 0 Å². The molecule has 0 unspecified atom stereocenters. The van der Waals surface area contributed by atoms with Gasteiger partial charge in [-0.05, 0) is 94.8 Å². The van der Waals surface area contributed by atoms with Gasteiger partial charge in [-0.2, -0.15) is 0 Å². The van der Waals surface area contributed by atoms with Crippen LogP contribution >= 0.6 is 0 Å². The van der Waals surface area contributed by atoms with Crippen molar-refractivity contribution in [3.8, 4) is 0 Å². The van der Waals surface area contributed by atoms with Gasteiger partial charge in [0.15, 0.2) is 0 Å². The minimum absolute atomic E-state index is 0.884. The zero-order chi connectivity index (χ0) is 17.0. The molecule has 0 spiro atoms. The van der Waals surface area contributed by atoms with Gasteiger partial charge >= 0.3 is 0 Å². The molecular formula is C24H42. The molecule has 2 aliphatic carbocycles. The second-order valence-corrected chi connectivity index (χ2v) is 8.59. The van der Waals surface area contributed by atoms with Crippen LogP contribution in [0.3, 0.4) is 0 Å². The highest BCUT2D eigenvalue weighted by Gasteiger charge is 2.20. The fourth-order valence-corrected chi connectivity index (χ4v) is 4.91. The van der Waals surface area contributed by atoms with E-state index in [2.05, 4.69) is 38.2 Å². The predicted molar refractivity (Wildman–Crippen MR) is 108 cm³/mol. The van der Waals surface area contributed by atoms with Crippen LogP contribution < -0.4 is 0 Å². The number of unbranched alkanes of at least 4 members (excludes halogenated alkanes) is 2. The van der Waals surface area contributed by atoms with Gasteiger partial charge in [0.1, 0.15) is 0 Å². The zero-order valence-corrected chi connectivity index (χ0v) is 16.5. The second-order valence-electron chi connectivity index (χ2n) is 8.59. The molecule has 0 aromatic carbocycles. The van der Waals surface area contributed by atoms with Gasteiger partial charge in [-0.3, -0.25) is 0 Å². The Bertz CT molecular complexity index is 348. The zero-order valence-electron chi connectivity index (χ0n) is 16.5. The first-order valence-electron chi connectivity index (χ1n) is 11.1. The first kappa shape index (κ1) is 19.8. The Morgan fingerprint density at radius 3 is 1.88 bits per heavy atom. The van der Waals surface area contributed by atoms with Gasteiger partial charge in [0, 0.05) is 0 Å². The van der Waals surface area contributed by atoms with Crippen molar-refractivity contribution in [3.05, 3.63) is 24.3 Å². The van der Waals surface area contributed by atoms with Crippen molar-refractivity contribution < 1.29 is 0 Å². The highest BCUT2D eigenvalue weighted by Crippen LogP contribution is 2.34. The minimum atomic E-state index is 0.884. The van der Waals surface area contributed by atoms with E-state index in [4.69, 9.17) is 0 Å². The number of allylic oxidation sites excluding steroid dienone is 4. The molecule has 0 nitrogen and oxygen atoms in total. The van der Waals surface area contributed by atoms with Crippen LogP contribution in [0.1, 0.15) is 104 Å². The fraction of sp³-hybridized carbons (Fsp3) is 0.833. The van der Waals surface area contributed by atoms with Gasteiger partial charge in [-0.15, -0.1) is 0 Å². The average molecular weight is 331 g/mol. The van der Waals surface area contributed by atoms with Crippen molar-refractivity contribution >= 4 is 0 Å². The summed E-state index contributed by atoms with van der Waals surface area (Å²) in [5.74, 6) is 3.84. The van der Waals surface area contributed by atoms with Gasteiger partial charge in [0.05, 0.1) is 0 Å². The highest BCUT2D eigenvalue weighted by atomic mass is 14.3. The van der Waals surface area contributed by atoms with Crippen molar-refractivity contribution in [1.29, 1.82) is 0 Å². The Kier molecular flexibility index (Phi) is 9.85. The van der Waals surface area contributed by atoms with Crippen LogP contribution in [0.25, 0.3) is 0 Å². The van der Waals surface area contributed by atoms with Crippen LogP contribution in [-0.4, -0.2) is 0 Å². The maximum absolute atomic E-state index is 2.58. The van der Waals surface area contributed by atoms with Gasteiger partial charge in [0.2, 0.25) is 0 Å². The third kappa shape index (κ3) is 7.58. The van der Waals surface area contributed by atoms with Crippen LogP contribution in [0.5, 0.6) is 0 Å². The lowest BCUT2D eigenvalue weighted by Crippen LogP contribution is -2.13. The summed E-state index contributed by atoms with van der Waals surface area (Å²) in [7, 11) is 0. The normalized spacial score (nSPS) is 31.9. The minimum Gasteiger partial charge on any atom is -0.0914 e. The van der Waals surface area contributed by atoms with Crippen molar-refractivity contribution in [1.82, 2.24) is 0 Å². The molecule has 0 heterocycles. The molecule has 0 aromatic heterocycles. The van der Waals surface area contributed by atoms with Gasteiger partial charge < -0.3 is 0 Å². The maximum atomic E-state index is 2.58. The summed E-state index contributed by atoms with van der Waals surface area (Å²) in [4.78, 5) is 0. The van der Waals surface area contributed by atoms with Crippen LogP contribution in [0.4, 0.5) is 0 Å². The molecule has 0 aliphatic heterocycles. The van der Waals surface area contributed by atoms with E-state index in [9.17, 15) is 0 Å². The van der Waals surface area contributed by atoms with Crippen LogP contribution in [0.15, 0.2) is 24.3 Å². The molecule has 138 valence electrons. The number of hydrogen-bond donors (Lipinski definition) is 0. The molecule has 0 aromatic rings. The SMILES string of the molecule is CC=CC1CCC(CCC=CC2CCC(CCCCC)CC2)CC1. The molecule has 2 saturated carbocycles. The molecule has 2 rings (SSSR count). The van der Waals surface area contributed by atoms with E-state index in [-0.39, 0.29) is 0 Å². The van der Waals surface area contributed by atoms with E-state index >= 15 is 0 Å². The third-order valence-corrected chi connectivity index (χ3v) is 6.61. The Morgan fingerprint density at radius 2 is 1.29 bits per heavy atom. The summed E-state index contributed by atoms with van der Waals surface area (Å²) >= 11 is 0. The summed E-state index contributed by atoms with van der Waals surface area (Å²) in [5.41, 5.74) is 0. The largest absolute Gasteiger partial charge is 0.0914 e. The quantitative estimate of drug-likeness (QED) is 0.296. The second kappa shape index (κ2) is 11.9. The number of hydrogen-bond acceptors (Lipinski definition) is 0. The Hall–Kier alpha value is -0.520. The molecule has 0 heteroatoms. The van der Waals surface area contributed by atoms with Gasteiger partial charge in [-0.1, -0.05) is 56.9 Å². The van der Waals surface area contributed by atoms with Crippen LogP contribution in [0.2, 0.25) is 0 Å². The summed E-state index contributed by atoms with van der Waals surface area (Å²) in [6.07, 6.45) is 30.0. The lowest BCUT2D eigenvalue weighted by Gasteiger charge is -2.27. The van der Waals surface area contributed by atoms with Crippen LogP contribution in [-0.2, 0) is 0 Å². The molecule has 0 atom stereocenters. The first-order chi connectivity index (χ1) is 11.8. The van der Waals surface area contributed by atoms with Crippen molar-refractivity contribution in [3.63, 3.8) is 0 Å². The molecular weight excluding hydrogens is 288 g/mol. The third-order valence-electron chi connectivity index (χ3n) is 6.61. The lowest BCUT2D eigenvalue weighted by molar-refractivity contribution is 0.287. The van der Waals surface area contributed by atoms with E-state index in [0.717, 1.165) is 23.7 Å². The van der Waals surface area contributed by atoms with Crippen molar-refractivity contribution in [2.24, 2.45) is 23.7 Å². The summed E-state index contributed by atoms with van der Waals surface area (Å²) in [6, 6.07) is 0. The first-order valence-corrected chi connectivity index (χ1v) is 11.1. The molecule has 2 aliphatic rings. The summed E-state index contributed by atoms with van der Waals surface area (Å²) in [6.45, 7) is 4.48. The van der Waals surface area contributed by atoms with E-state index in [0.29, 0.717) is 0 Å². The fourth-order valence-electron chi connectivity index (χ4n) is 4.91. The maximum Gasteiger partial charge on any atom is -0.0233 e. The Balaban J connectivity index is 1.52. The molecule has 0 saturated heterocycles. The highest BCUT2D eigenvalue weighted by molar-refractivity contribution is 4.92. The van der Waals surface area contributed by atoms with Gasteiger partial charge in [0.25, 0.3) is 0 Å². The molecule has 0 amide bonds. The Labute approximate surface area is 152 Å². The molecule has 0 N–H and O–H groups in total. The standard InChI is InChI=1S/C24H42/c1-3-5-6-10-22-17-19-24(20-18-22)12-8-7-11-23-15-13-21(9-4-2)14-16-23/h4,8-9,12,21-24H,3,5-7,10-11,13-20H2,1-2H3. The molecule has 2 fully saturated rings. The van der Waals surface area contributed by atoms with Crippen molar-refractivity contribution in [2.45, 2.75) is 104 Å². The van der Waals surface area contributed by atoms with Crippen LogP contribution in [0, 0.1) is 23.7 Å². The summed E-state index contributed by atoms with van der Waals surface area (Å²) in [5, 5.41) is 0. The smallest absolute Gasteiger partial charge is 0.0233 e. The average Bonchev–Trinajstić information content (AvgIpc) is 2.62. The molecule has 24 heavy (non-hydrogen) atoms. The van der Waals surface area contributed by atoms with Crippen molar-refractivity contribution in [2.75, 3.05) is 0 Å².